The van der Waals surface area contributed by atoms with E-state index >= 15 is 0 Å². The number of nitrogens with zero attached hydrogens (tertiary/aromatic N) is 3. The van der Waals surface area contributed by atoms with Crippen molar-refractivity contribution in [3.05, 3.63) is 28.1 Å². The summed E-state index contributed by atoms with van der Waals surface area (Å²) in [6, 6.07) is 1.17. The van der Waals surface area contributed by atoms with Gasteiger partial charge in [-0.15, -0.1) is 0 Å². The first kappa shape index (κ1) is 14.0. The van der Waals surface area contributed by atoms with Crippen LogP contribution in [0.2, 0.25) is 0 Å². The van der Waals surface area contributed by atoms with E-state index in [9.17, 15) is 19.7 Å². The molecule has 1 heterocycles. The van der Waals surface area contributed by atoms with E-state index in [-0.39, 0.29) is 11.4 Å². The fourth-order valence-corrected chi connectivity index (χ4v) is 2.02. The van der Waals surface area contributed by atoms with Crippen LogP contribution >= 0.6 is 0 Å². The summed E-state index contributed by atoms with van der Waals surface area (Å²) in [5, 5.41) is 19.6. The molecule has 0 saturated heterocycles. The SMILES string of the molecule is Cn1cc([N+](=O)[O-])cc1C(=O)N(CC(=O)O)CC1CC1. The lowest BCUT2D eigenvalue weighted by atomic mass is 10.3. The highest BCUT2D eigenvalue weighted by molar-refractivity contribution is 5.95. The van der Waals surface area contributed by atoms with E-state index in [0.717, 1.165) is 12.8 Å². The van der Waals surface area contributed by atoms with Crippen LogP contribution in [-0.4, -0.2) is 44.5 Å². The Balaban J connectivity index is 2.21. The molecule has 1 aromatic heterocycles. The lowest BCUT2D eigenvalue weighted by Crippen LogP contribution is -2.38. The molecule has 2 rings (SSSR count). The average molecular weight is 281 g/mol. The number of carbonyl (C=O) groups excluding carboxylic acids is 1. The summed E-state index contributed by atoms with van der Waals surface area (Å²) in [5.41, 5.74) is -0.0591. The second kappa shape index (κ2) is 5.32. The first-order chi connectivity index (χ1) is 9.38. The molecule has 0 atom stereocenters. The summed E-state index contributed by atoms with van der Waals surface area (Å²) in [6.07, 6.45) is 3.21. The largest absolute Gasteiger partial charge is 0.480 e. The minimum absolute atomic E-state index is 0.124. The minimum atomic E-state index is -1.09. The zero-order chi connectivity index (χ0) is 14.9. The minimum Gasteiger partial charge on any atom is -0.480 e. The highest BCUT2D eigenvalue weighted by Gasteiger charge is 2.30. The fourth-order valence-electron chi connectivity index (χ4n) is 2.02. The van der Waals surface area contributed by atoms with Crippen LogP contribution in [0.15, 0.2) is 12.3 Å². The third-order valence-corrected chi connectivity index (χ3v) is 3.21. The average Bonchev–Trinajstić information content (AvgIpc) is 3.07. The number of aliphatic carboxylic acids is 1. The fraction of sp³-hybridized carbons (Fsp3) is 0.500. The topological polar surface area (TPSA) is 106 Å². The Kier molecular flexibility index (Phi) is 3.73. The van der Waals surface area contributed by atoms with Gasteiger partial charge in [-0.2, -0.15) is 0 Å². The molecule has 0 radical (unpaired) electrons. The quantitative estimate of drug-likeness (QED) is 0.615. The Morgan fingerprint density at radius 2 is 2.20 bits per heavy atom. The Morgan fingerprint density at radius 3 is 2.65 bits per heavy atom. The van der Waals surface area contributed by atoms with Crippen molar-refractivity contribution in [2.24, 2.45) is 13.0 Å². The van der Waals surface area contributed by atoms with Gasteiger partial charge in [-0.25, -0.2) is 0 Å². The number of amides is 1. The molecule has 8 nitrogen and oxygen atoms in total. The number of carboxylic acid groups (broad SMARTS) is 1. The number of nitro groups is 1. The number of aromatic nitrogens is 1. The van der Waals surface area contributed by atoms with E-state index in [4.69, 9.17) is 5.11 Å². The van der Waals surface area contributed by atoms with Crippen LogP contribution in [0.3, 0.4) is 0 Å². The maximum absolute atomic E-state index is 12.3. The lowest BCUT2D eigenvalue weighted by Gasteiger charge is -2.20. The van der Waals surface area contributed by atoms with Crippen molar-refractivity contribution >= 4 is 17.6 Å². The van der Waals surface area contributed by atoms with Crippen molar-refractivity contribution in [2.45, 2.75) is 12.8 Å². The molecule has 1 aliphatic carbocycles. The summed E-state index contributed by atoms with van der Waals surface area (Å²) in [5.74, 6) is -1.24. The third-order valence-electron chi connectivity index (χ3n) is 3.21. The van der Waals surface area contributed by atoms with Crippen LogP contribution in [0.5, 0.6) is 0 Å². The van der Waals surface area contributed by atoms with Crippen LogP contribution in [0.4, 0.5) is 5.69 Å². The van der Waals surface area contributed by atoms with Crippen LogP contribution in [-0.2, 0) is 11.8 Å². The number of hydrogen-bond donors (Lipinski definition) is 1. The molecule has 1 saturated carbocycles. The van der Waals surface area contributed by atoms with Crippen molar-refractivity contribution in [1.82, 2.24) is 9.47 Å². The summed E-state index contributed by atoms with van der Waals surface area (Å²) < 4.78 is 1.35. The van der Waals surface area contributed by atoms with Crippen LogP contribution in [0.1, 0.15) is 23.3 Å². The van der Waals surface area contributed by atoms with E-state index in [1.54, 1.807) is 0 Å². The molecule has 1 aromatic rings. The van der Waals surface area contributed by atoms with Gasteiger partial charge in [-0.3, -0.25) is 19.7 Å². The second-order valence-electron chi connectivity index (χ2n) is 4.97. The summed E-state index contributed by atoms with van der Waals surface area (Å²) in [4.78, 5) is 34.5. The van der Waals surface area contributed by atoms with Gasteiger partial charge in [0.2, 0.25) is 0 Å². The molecule has 1 N–H and O–H groups in total. The van der Waals surface area contributed by atoms with Gasteiger partial charge in [0, 0.05) is 19.7 Å². The Bertz CT molecular complexity index is 561. The third kappa shape index (κ3) is 3.14. The molecule has 1 fully saturated rings. The number of carboxylic acids is 1. The van der Waals surface area contributed by atoms with Gasteiger partial charge in [0.15, 0.2) is 0 Å². The Labute approximate surface area is 114 Å². The summed E-state index contributed by atoms with van der Waals surface area (Å²) in [7, 11) is 1.52. The standard InChI is InChI=1S/C12H15N3O5/c1-13-6-9(15(19)20)4-10(13)12(18)14(7-11(16)17)5-8-2-3-8/h4,6,8H,2-3,5,7H2,1H3,(H,16,17). The number of hydrogen-bond acceptors (Lipinski definition) is 4. The number of rotatable bonds is 6. The highest BCUT2D eigenvalue weighted by Crippen LogP contribution is 2.30. The van der Waals surface area contributed by atoms with Crippen molar-refractivity contribution in [1.29, 1.82) is 0 Å². The van der Waals surface area contributed by atoms with Crippen LogP contribution in [0, 0.1) is 16.0 Å². The zero-order valence-electron chi connectivity index (χ0n) is 11.0. The Morgan fingerprint density at radius 1 is 1.55 bits per heavy atom. The highest BCUT2D eigenvalue weighted by atomic mass is 16.6. The van der Waals surface area contributed by atoms with Gasteiger partial charge in [0.05, 0.1) is 11.1 Å². The van der Waals surface area contributed by atoms with Crippen molar-refractivity contribution < 1.29 is 19.6 Å². The molecular formula is C12H15N3O5. The van der Waals surface area contributed by atoms with E-state index < -0.39 is 23.3 Å². The first-order valence-corrected chi connectivity index (χ1v) is 6.20. The van der Waals surface area contributed by atoms with E-state index in [0.29, 0.717) is 12.5 Å². The molecule has 1 amide bonds. The molecule has 0 aliphatic heterocycles. The summed E-state index contributed by atoms with van der Waals surface area (Å²) in [6.45, 7) is -0.0155. The predicted octanol–water partition coefficient (Wildman–Crippen LogP) is 0.870. The van der Waals surface area contributed by atoms with Gasteiger partial charge >= 0.3 is 5.97 Å². The van der Waals surface area contributed by atoms with Gasteiger partial charge in [-0.1, -0.05) is 0 Å². The zero-order valence-corrected chi connectivity index (χ0v) is 11.0. The van der Waals surface area contributed by atoms with Crippen LogP contribution < -0.4 is 0 Å². The van der Waals surface area contributed by atoms with E-state index in [1.807, 2.05) is 0 Å². The molecule has 0 bridgehead atoms. The smallest absolute Gasteiger partial charge is 0.323 e. The maximum Gasteiger partial charge on any atom is 0.323 e. The predicted molar refractivity (Wildman–Crippen MR) is 68.3 cm³/mol. The monoisotopic (exact) mass is 281 g/mol. The first-order valence-electron chi connectivity index (χ1n) is 6.20. The molecular weight excluding hydrogens is 266 g/mol. The maximum atomic E-state index is 12.3. The van der Waals surface area contributed by atoms with Crippen molar-refractivity contribution in [2.75, 3.05) is 13.1 Å². The molecule has 108 valence electrons. The van der Waals surface area contributed by atoms with E-state index in [1.165, 1.54) is 28.8 Å². The van der Waals surface area contributed by atoms with Gasteiger partial charge in [0.25, 0.3) is 11.6 Å². The molecule has 0 aromatic carbocycles. The van der Waals surface area contributed by atoms with Gasteiger partial charge in [-0.05, 0) is 18.8 Å². The van der Waals surface area contributed by atoms with Gasteiger partial charge in [0.1, 0.15) is 12.2 Å². The molecule has 20 heavy (non-hydrogen) atoms. The van der Waals surface area contributed by atoms with E-state index in [2.05, 4.69) is 0 Å². The van der Waals surface area contributed by atoms with Gasteiger partial charge < -0.3 is 14.6 Å². The normalized spacial score (nSPS) is 14.1. The molecule has 1 aliphatic rings. The van der Waals surface area contributed by atoms with Crippen molar-refractivity contribution in [3.8, 4) is 0 Å². The molecule has 0 spiro atoms. The van der Waals surface area contributed by atoms with Crippen molar-refractivity contribution in [3.63, 3.8) is 0 Å². The summed E-state index contributed by atoms with van der Waals surface area (Å²) >= 11 is 0. The molecule has 0 unspecified atom stereocenters. The van der Waals surface area contributed by atoms with Crippen LogP contribution in [0.25, 0.3) is 0 Å². The lowest BCUT2D eigenvalue weighted by molar-refractivity contribution is -0.384. The molecule has 8 heteroatoms. The number of carbonyl (C=O) groups is 2. The Hall–Kier alpha value is -2.38. The number of aryl methyl sites for hydroxylation is 1. The second-order valence-corrected chi connectivity index (χ2v) is 4.97.